The Morgan fingerprint density at radius 3 is 2.22 bits per heavy atom. The summed E-state index contributed by atoms with van der Waals surface area (Å²) < 4.78 is 22.1. The topological polar surface area (TPSA) is 98.0 Å². The molecule has 0 radical (unpaired) electrons. The van der Waals surface area contributed by atoms with Gasteiger partial charge in [-0.25, -0.2) is 13.6 Å². The molecule has 1 heterocycles. The number of hydrogen-bond acceptors (Lipinski definition) is 5. The highest BCUT2D eigenvalue weighted by atomic mass is 32.2. The van der Waals surface area contributed by atoms with Crippen LogP contribution in [0.4, 0.5) is 11.5 Å². The number of sulfonamides is 1. The molecule has 0 saturated carbocycles. The van der Waals surface area contributed by atoms with Gasteiger partial charge in [0.05, 0.1) is 10.6 Å². The Labute approximate surface area is 105 Å². The van der Waals surface area contributed by atoms with Crippen molar-refractivity contribution >= 4 is 21.5 Å². The summed E-state index contributed by atoms with van der Waals surface area (Å²) in [6.07, 6.45) is 0. The van der Waals surface area contributed by atoms with Gasteiger partial charge in [-0.1, -0.05) is 0 Å². The summed E-state index contributed by atoms with van der Waals surface area (Å²) >= 11 is 0. The lowest BCUT2D eigenvalue weighted by Gasteiger charge is -2.05. The molecule has 6 nitrogen and oxygen atoms in total. The first-order valence-electron chi connectivity index (χ1n) is 5.15. The lowest BCUT2D eigenvalue weighted by atomic mass is 10.3. The summed E-state index contributed by atoms with van der Waals surface area (Å²) in [7, 11) is -3.65. The van der Waals surface area contributed by atoms with E-state index in [1.165, 1.54) is 12.1 Å². The van der Waals surface area contributed by atoms with Gasteiger partial charge in [-0.05, 0) is 43.3 Å². The fourth-order valence-corrected chi connectivity index (χ4v) is 1.86. The Bertz CT molecular complexity index is 636. The van der Waals surface area contributed by atoms with Gasteiger partial charge in [0.1, 0.15) is 0 Å². The quantitative estimate of drug-likeness (QED) is 0.867. The van der Waals surface area contributed by atoms with Crippen LogP contribution in [-0.4, -0.2) is 18.6 Å². The third-order valence-corrected chi connectivity index (χ3v) is 3.18. The fourth-order valence-electron chi connectivity index (χ4n) is 1.34. The number of hydrogen-bond donors (Lipinski definition) is 2. The molecular formula is C11H12N4O2S. The van der Waals surface area contributed by atoms with E-state index < -0.39 is 10.0 Å². The number of aromatic nitrogens is 2. The summed E-state index contributed by atoms with van der Waals surface area (Å²) in [6.45, 7) is 1.84. The minimum absolute atomic E-state index is 0.0723. The third-order valence-electron chi connectivity index (χ3n) is 2.25. The summed E-state index contributed by atoms with van der Waals surface area (Å²) in [5, 5.41) is 15.9. The van der Waals surface area contributed by atoms with Crippen molar-refractivity contribution in [2.24, 2.45) is 5.14 Å². The predicted molar refractivity (Wildman–Crippen MR) is 67.9 cm³/mol. The van der Waals surface area contributed by atoms with E-state index in [2.05, 4.69) is 15.5 Å². The zero-order valence-electron chi connectivity index (χ0n) is 9.66. The largest absolute Gasteiger partial charge is 0.339 e. The molecule has 94 valence electrons. The van der Waals surface area contributed by atoms with Crippen LogP contribution in [0, 0.1) is 6.92 Å². The van der Waals surface area contributed by atoms with Gasteiger partial charge in [0.15, 0.2) is 5.82 Å². The lowest BCUT2D eigenvalue weighted by Crippen LogP contribution is -2.11. The smallest absolute Gasteiger partial charge is 0.238 e. The highest BCUT2D eigenvalue weighted by Crippen LogP contribution is 2.16. The second-order valence-electron chi connectivity index (χ2n) is 3.75. The van der Waals surface area contributed by atoms with Gasteiger partial charge in [-0.3, -0.25) is 0 Å². The summed E-state index contributed by atoms with van der Waals surface area (Å²) in [5.74, 6) is 0.587. The maximum atomic E-state index is 11.1. The molecule has 0 aliphatic carbocycles. The molecule has 7 heteroatoms. The zero-order chi connectivity index (χ0) is 13.2. The normalized spacial score (nSPS) is 11.2. The first kappa shape index (κ1) is 12.5. The van der Waals surface area contributed by atoms with Gasteiger partial charge in [-0.15, -0.1) is 5.10 Å². The van der Waals surface area contributed by atoms with Crippen LogP contribution in [0.3, 0.4) is 0 Å². The molecular weight excluding hydrogens is 252 g/mol. The van der Waals surface area contributed by atoms with Crippen molar-refractivity contribution in [3.8, 4) is 0 Å². The molecule has 0 bridgehead atoms. The molecule has 0 spiro atoms. The van der Waals surface area contributed by atoms with Gasteiger partial charge in [0.25, 0.3) is 0 Å². The van der Waals surface area contributed by atoms with Crippen LogP contribution in [0.15, 0.2) is 41.3 Å². The number of nitrogens with one attached hydrogen (secondary N) is 1. The van der Waals surface area contributed by atoms with Gasteiger partial charge in [0.2, 0.25) is 10.0 Å². The van der Waals surface area contributed by atoms with Crippen molar-refractivity contribution in [3.63, 3.8) is 0 Å². The van der Waals surface area contributed by atoms with Gasteiger partial charge >= 0.3 is 0 Å². The first-order chi connectivity index (χ1) is 8.45. The standard InChI is InChI=1S/C11H12N4O2S/c1-8-2-7-11(15-14-8)13-9-3-5-10(6-4-9)18(12,16)17/h2-7H,1H3,(H,13,15)(H2,12,16,17). The molecule has 0 amide bonds. The van der Waals surface area contributed by atoms with Crippen LogP contribution < -0.4 is 10.5 Å². The molecule has 18 heavy (non-hydrogen) atoms. The highest BCUT2D eigenvalue weighted by Gasteiger charge is 2.06. The van der Waals surface area contributed by atoms with Crippen LogP contribution in [-0.2, 0) is 10.0 Å². The minimum atomic E-state index is -3.65. The van der Waals surface area contributed by atoms with Gasteiger partial charge in [-0.2, -0.15) is 5.10 Å². The third kappa shape index (κ3) is 3.02. The number of nitrogens with zero attached hydrogens (tertiary/aromatic N) is 2. The molecule has 2 rings (SSSR count). The molecule has 0 fully saturated rings. The van der Waals surface area contributed by atoms with E-state index in [-0.39, 0.29) is 4.90 Å². The summed E-state index contributed by atoms with van der Waals surface area (Å²) in [6, 6.07) is 9.70. The average molecular weight is 264 g/mol. The van der Waals surface area contributed by atoms with Gasteiger partial charge in [0, 0.05) is 5.69 Å². The molecule has 0 atom stereocenters. The van der Waals surface area contributed by atoms with Crippen molar-refractivity contribution in [2.45, 2.75) is 11.8 Å². The maximum absolute atomic E-state index is 11.1. The Morgan fingerprint density at radius 1 is 1.06 bits per heavy atom. The van der Waals surface area contributed by atoms with Crippen molar-refractivity contribution in [2.75, 3.05) is 5.32 Å². The number of aryl methyl sites for hydroxylation is 1. The number of nitrogens with two attached hydrogens (primary N) is 1. The Morgan fingerprint density at radius 2 is 1.72 bits per heavy atom. The van der Waals surface area contributed by atoms with Crippen LogP contribution in [0.5, 0.6) is 0 Å². The van der Waals surface area contributed by atoms with Gasteiger partial charge < -0.3 is 5.32 Å². The van der Waals surface area contributed by atoms with Crippen molar-refractivity contribution in [3.05, 3.63) is 42.1 Å². The molecule has 0 aliphatic rings. The van der Waals surface area contributed by atoms with Crippen molar-refractivity contribution in [1.29, 1.82) is 0 Å². The Hall–Kier alpha value is -1.99. The molecule has 1 aromatic carbocycles. The van der Waals surface area contributed by atoms with Crippen molar-refractivity contribution in [1.82, 2.24) is 10.2 Å². The molecule has 1 aromatic heterocycles. The highest BCUT2D eigenvalue weighted by molar-refractivity contribution is 7.89. The lowest BCUT2D eigenvalue weighted by molar-refractivity contribution is 0.598. The fraction of sp³-hybridized carbons (Fsp3) is 0.0909. The van der Waals surface area contributed by atoms with Crippen LogP contribution in [0.25, 0.3) is 0 Å². The van der Waals surface area contributed by atoms with E-state index in [0.29, 0.717) is 11.5 Å². The minimum Gasteiger partial charge on any atom is -0.339 e. The Kier molecular flexibility index (Phi) is 3.26. The number of benzene rings is 1. The van der Waals surface area contributed by atoms with E-state index in [9.17, 15) is 8.42 Å². The predicted octanol–water partition coefficient (Wildman–Crippen LogP) is 1.18. The van der Waals surface area contributed by atoms with E-state index in [1.54, 1.807) is 18.2 Å². The first-order valence-corrected chi connectivity index (χ1v) is 6.70. The Balaban J connectivity index is 2.18. The zero-order valence-corrected chi connectivity index (χ0v) is 10.5. The molecule has 2 aromatic rings. The van der Waals surface area contributed by atoms with E-state index in [4.69, 9.17) is 5.14 Å². The van der Waals surface area contributed by atoms with Crippen LogP contribution in [0.1, 0.15) is 5.69 Å². The second kappa shape index (κ2) is 4.71. The van der Waals surface area contributed by atoms with E-state index in [1.807, 2.05) is 13.0 Å². The maximum Gasteiger partial charge on any atom is 0.238 e. The number of primary sulfonamides is 1. The number of anilines is 2. The molecule has 0 unspecified atom stereocenters. The molecule has 0 aliphatic heterocycles. The van der Waals surface area contributed by atoms with Crippen molar-refractivity contribution < 1.29 is 8.42 Å². The number of rotatable bonds is 3. The molecule has 0 saturated heterocycles. The summed E-state index contributed by atoms with van der Waals surface area (Å²) in [5.41, 5.74) is 1.53. The van der Waals surface area contributed by atoms with E-state index >= 15 is 0 Å². The van der Waals surface area contributed by atoms with Crippen LogP contribution in [0.2, 0.25) is 0 Å². The monoisotopic (exact) mass is 264 g/mol. The van der Waals surface area contributed by atoms with E-state index in [0.717, 1.165) is 5.69 Å². The molecule has 3 N–H and O–H groups in total. The summed E-state index contributed by atoms with van der Waals surface area (Å²) in [4.78, 5) is 0.0723. The SMILES string of the molecule is Cc1ccc(Nc2ccc(S(N)(=O)=O)cc2)nn1. The average Bonchev–Trinajstić information content (AvgIpc) is 2.32. The second-order valence-corrected chi connectivity index (χ2v) is 5.32. The van der Waals surface area contributed by atoms with Crippen LogP contribution >= 0.6 is 0 Å².